The topological polar surface area (TPSA) is 88.7 Å². The molecule has 0 aliphatic carbocycles. The molecule has 0 radical (unpaired) electrons. The number of likely N-dealkylation sites (N-methyl/N-ethyl adjacent to an activating group) is 1. The van der Waals surface area contributed by atoms with Crippen LogP contribution in [0.2, 0.25) is 5.02 Å². The van der Waals surface area contributed by atoms with E-state index in [1.165, 1.54) is 21.9 Å². The number of thiophene rings is 1. The van der Waals surface area contributed by atoms with Crippen LogP contribution in [0.3, 0.4) is 0 Å². The highest BCUT2D eigenvalue weighted by Crippen LogP contribution is 2.39. The number of amides is 1. The Morgan fingerprint density at radius 3 is 2.96 bits per heavy atom. The molecule has 1 aromatic heterocycles. The third kappa shape index (κ3) is 2.84. The van der Waals surface area contributed by atoms with Gasteiger partial charge in [0.1, 0.15) is 22.7 Å². The summed E-state index contributed by atoms with van der Waals surface area (Å²) >= 11 is 7.51. The van der Waals surface area contributed by atoms with Gasteiger partial charge in [0.05, 0.1) is 28.5 Å². The van der Waals surface area contributed by atoms with E-state index < -0.39 is 11.1 Å². The number of nitro groups is 1. The molecule has 7 nitrogen and oxygen atoms in total. The molecule has 1 amide bonds. The van der Waals surface area contributed by atoms with Crippen molar-refractivity contribution in [2.45, 2.75) is 26.1 Å². The Morgan fingerprint density at radius 1 is 1.42 bits per heavy atom. The van der Waals surface area contributed by atoms with Crippen molar-refractivity contribution in [3.8, 4) is 0 Å². The highest BCUT2D eigenvalue weighted by atomic mass is 35.5. The number of halogens is 1. The minimum absolute atomic E-state index is 0.0794. The van der Waals surface area contributed by atoms with Gasteiger partial charge in [0, 0.05) is 18.1 Å². The molecule has 0 spiro atoms. The Morgan fingerprint density at radius 2 is 2.23 bits per heavy atom. The smallest absolute Gasteiger partial charge is 0.288 e. The normalized spacial score (nSPS) is 21.4. The van der Waals surface area contributed by atoms with E-state index >= 15 is 0 Å². The number of hydrogen-bond acceptors (Lipinski definition) is 5. The molecule has 0 fully saturated rings. The second kappa shape index (κ2) is 6.53. The van der Waals surface area contributed by atoms with Gasteiger partial charge < -0.3 is 15.5 Å². The Kier molecular flexibility index (Phi) is 4.34. The minimum Gasteiger partial charge on any atom is -0.353 e. The van der Waals surface area contributed by atoms with Crippen LogP contribution >= 0.6 is 22.9 Å². The summed E-state index contributed by atoms with van der Waals surface area (Å²) < 4.78 is 0. The Bertz CT molecular complexity index is 914. The fraction of sp³-hybridized carbons (Fsp3) is 0.353. The summed E-state index contributed by atoms with van der Waals surface area (Å²) in [7, 11) is 0. The Balaban J connectivity index is 1.67. The third-order valence-electron chi connectivity index (χ3n) is 5.01. The van der Waals surface area contributed by atoms with Crippen molar-refractivity contribution in [3.05, 3.63) is 54.9 Å². The number of nitro benzene ring substituents is 1. The first-order valence-electron chi connectivity index (χ1n) is 8.47. The highest BCUT2D eigenvalue weighted by Gasteiger charge is 2.34. The van der Waals surface area contributed by atoms with Gasteiger partial charge in [-0.15, -0.1) is 11.3 Å². The van der Waals surface area contributed by atoms with Crippen LogP contribution in [0.25, 0.3) is 0 Å². The lowest BCUT2D eigenvalue weighted by atomic mass is 10.0. The fourth-order valence-electron chi connectivity index (χ4n) is 3.57. The van der Waals surface area contributed by atoms with E-state index in [1.54, 1.807) is 17.4 Å². The summed E-state index contributed by atoms with van der Waals surface area (Å²) in [5.74, 6) is -0.126. The fourth-order valence-corrected chi connectivity index (χ4v) is 5.10. The quantitative estimate of drug-likeness (QED) is 0.550. The van der Waals surface area contributed by atoms with E-state index in [-0.39, 0.29) is 16.6 Å². The molecular formula is C17H18ClN4O3S+. The lowest BCUT2D eigenvalue weighted by Gasteiger charge is -2.27. The van der Waals surface area contributed by atoms with Crippen molar-refractivity contribution in [2.75, 3.05) is 18.4 Å². The molecule has 1 aromatic carbocycles. The second-order valence-electron chi connectivity index (χ2n) is 6.51. The van der Waals surface area contributed by atoms with E-state index in [0.717, 1.165) is 42.2 Å². The van der Waals surface area contributed by atoms with Gasteiger partial charge in [-0.25, -0.2) is 0 Å². The van der Waals surface area contributed by atoms with Crippen molar-refractivity contribution in [2.24, 2.45) is 0 Å². The number of carbonyl (C=O) groups is 1. The second-order valence-corrected chi connectivity index (χ2v) is 8.02. The molecule has 2 aliphatic heterocycles. The molecule has 2 aliphatic rings. The molecule has 4 rings (SSSR count). The van der Waals surface area contributed by atoms with E-state index in [9.17, 15) is 14.9 Å². The number of hydrogen-bond donors (Lipinski definition) is 3. The number of nitrogens with zero attached hydrogens (tertiary/aromatic N) is 1. The lowest BCUT2D eigenvalue weighted by molar-refractivity contribution is -0.913. The van der Waals surface area contributed by atoms with Crippen molar-refractivity contribution in [3.63, 3.8) is 0 Å². The summed E-state index contributed by atoms with van der Waals surface area (Å²) in [5, 5.41) is 18.3. The maximum Gasteiger partial charge on any atom is 0.288 e. The van der Waals surface area contributed by atoms with Crippen molar-refractivity contribution < 1.29 is 14.6 Å². The van der Waals surface area contributed by atoms with Crippen LogP contribution in [-0.2, 0) is 13.0 Å². The van der Waals surface area contributed by atoms with Gasteiger partial charge >= 0.3 is 0 Å². The van der Waals surface area contributed by atoms with Crippen LogP contribution in [0.4, 0.5) is 10.7 Å². The average molecular weight is 394 g/mol. The first-order valence-corrected chi connectivity index (χ1v) is 9.66. The summed E-state index contributed by atoms with van der Waals surface area (Å²) in [6.45, 7) is 5.21. The van der Waals surface area contributed by atoms with Crippen molar-refractivity contribution >= 4 is 39.5 Å². The predicted octanol–water partition coefficient (Wildman–Crippen LogP) is 2.12. The van der Waals surface area contributed by atoms with Gasteiger partial charge in [-0.1, -0.05) is 17.7 Å². The zero-order chi connectivity index (χ0) is 18.4. The molecule has 0 saturated carbocycles. The summed E-state index contributed by atoms with van der Waals surface area (Å²) in [6.07, 6.45) is 0.386. The van der Waals surface area contributed by atoms with Crippen molar-refractivity contribution in [1.82, 2.24) is 5.32 Å². The number of anilines is 1. The van der Waals surface area contributed by atoms with Crippen molar-refractivity contribution in [1.29, 1.82) is 0 Å². The molecular weight excluding hydrogens is 376 g/mol. The van der Waals surface area contributed by atoms with Gasteiger partial charge in [-0.2, -0.15) is 0 Å². The van der Waals surface area contributed by atoms with E-state index in [0.29, 0.717) is 5.56 Å². The van der Waals surface area contributed by atoms with Crippen LogP contribution < -0.4 is 15.5 Å². The maximum atomic E-state index is 12.7. The lowest BCUT2D eigenvalue weighted by Crippen LogP contribution is -3.11. The standard InChI is InChI=1S/C17H17ClN4O3S/c1-2-21-6-5-10-13(8-21)26-17-14(10)16(23)19-15(20-17)9-3-4-11(18)12(7-9)22(24)25/h3-4,7,15,20H,2,5-6,8H2,1H3,(H,19,23)/p+1/t15-/m0/s1. The third-order valence-corrected chi connectivity index (χ3v) is 6.49. The first-order chi connectivity index (χ1) is 12.5. The zero-order valence-electron chi connectivity index (χ0n) is 14.1. The van der Waals surface area contributed by atoms with Gasteiger partial charge in [0.15, 0.2) is 0 Å². The first kappa shape index (κ1) is 17.3. The number of rotatable bonds is 3. The average Bonchev–Trinajstić information content (AvgIpc) is 2.99. The summed E-state index contributed by atoms with van der Waals surface area (Å²) in [4.78, 5) is 26.1. The largest absolute Gasteiger partial charge is 0.353 e. The van der Waals surface area contributed by atoms with E-state index in [2.05, 4.69) is 17.6 Å². The Hall–Kier alpha value is -2.16. The number of carbonyl (C=O) groups excluding carboxylic acids is 1. The van der Waals surface area contributed by atoms with Gasteiger partial charge in [-0.05, 0) is 18.6 Å². The zero-order valence-corrected chi connectivity index (χ0v) is 15.7. The predicted molar refractivity (Wildman–Crippen MR) is 100 cm³/mol. The number of benzene rings is 1. The molecule has 3 N–H and O–H groups in total. The minimum atomic E-state index is -0.520. The molecule has 3 heterocycles. The molecule has 2 atom stereocenters. The highest BCUT2D eigenvalue weighted by molar-refractivity contribution is 7.16. The summed E-state index contributed by atoms with van der Waals surface area (Å²) in [5.41, 5.74) is 2.32. The Labute approximate surface area is 159 Å². The SMILES string of the molecule is CC[NH+]1CCc2c(sc3c2C(=O)N[C@H](c2ccc(Cl)c([N+](=O)[O-])c2)N3)C1. The molecule has 2 aromatic rings. The molecule has 26 heavy (non-hydrogen) atoms. The van der Waals surface area contributed by atoms with Crippen LogP contribution in [0.15, 0.2) is 18.2 Å². The number of quaternary nitrogens is 1. The van der Waals surface area contributed by atoms with Crippen LogP contribution in [-0.4, -0.2) is 23.9 Å². The monoisotopic (exact) mass is 393 g/mol. The van der Waals surface area contributed by atoms with Gasteiger partial charge in [-0.3, -0.25) is 14.9 Å². The molecule has 0 bridgehead atoms. The molecule has 136 valence electrons. The van der Waals surface area contributed by atoms with E-state index in [4.69, 9.17) is 11.6 Å². The maximum absolute atomic E-state index is 12.7. The molecule has 1 unspecified atom stereocenters. The molecule has 9 heteroatoms. The number of fused-ring (bicyclic) bond motifs is 3. The molecule has 0 saturated heterocycles. The van der Waals surface area contributed by atoms with Crippen LogP contribution in [0.1, 0.15) is 39.5 Å². The van der Waals surface area contributed by atoms with E-state index in [1.807, 2.05) is 0 Å². The van der Waals surface area contributed by atoms with Gasteiger partial charge in [0.2, 0.25) is 0 Å². The summed E-state index contributed by atoms with van der Waals surface area (Å²) in [6, 6.07) is 4.58. The van der Waals surface area contributed by atoms with Crippen LogP contribution in [0, 0.1) is 10.1 Å². The van der Waals surface area contributed by atoms with Crippen LogP contribution in [0.5, 0.6) is 0 Å². The van der Waals surface area contributed by atoms with Gasteiger partial charge in [0.25, 0.3) is 11.6 Å². The number of nitrogens with one attached hydrogen (secondary N) is 3.